The van der Waals surface area contributed by atoms with E-state index in [1.807, 2.05) is 24.3 Å². The molecule has 0 radical (unpaired) electrons. The second-order valence-electron chi connectivity index (χ2n) is 7.88. The van der Waals surface area contributed by atoms with E-state index in [-0.39, 0.29) is 5.91 Å². The lowest BCUT2D eigenvalue weighted by molar-refractivity contribution is 0.102. The van der Waals surface area contributed by atoms with Gasteiger partial charge in [-0.3, -0.25) is 4.79 Å². The normalized spacial score (nSPS) is 15.3. The first kappa shape index (κ1) is 22.1. The van der Waals surface area contributed by atoms with Crippen molar-refractivity contribution in [2.24, 2.45) is 5.92 Å². The lowest BCUT2D eigenvalue weighted by Gasteiger charge is -2.34. The number of sulfonamides is 1. The molecule has 8 heteroatoms. The van der Waals surface area contributed by atoms with Gasteiger partial charge in [0.05, 0.1) is 12.9 Å². The standard InChI is InChI=1S/C22H29N3O4S/c1-17(2)16-29-21-10-4-18(5-11-21)22(26)23-19-6-8-20(9-7-19)24-12-14-25(15-13-24)30(3,27)28/h4-11,17H,12-16H2,1-3H3,(H,23,26). The maximum absolute atomic E-state index is 12.5. The largest absolute Gasteiger partial charge is 0.493 e. The Bertz CT molecular complexity index is 949. The van der Waals surface area contributed by atoms with Crippen molar-refractivity contribution < 1.29 is 17.9 Å². The van der Waals surface area contributed by atoms with Gasteiger partial charge in [-0.1, -0.05) is 13.8 Å². The maximum Gasteiger partial charge on any atom is 0.255 e. The summed E-state index contributed by atoms with van der Waals surface area (Å²) in [4.78, 5) is 14.6. The molecule has 0 saturated carbocycles. The van der Waals surface area contributed by atoms with Gasteiger partial charge in [0.2, 0.25) is 10.0 Å². The number of nitrogens with one attached hydrogen (secondary N) is 1. The van der Waals surface area contributed by atoms with E-state index in [0.717, 1.165) is 11.4 Å². The molecule has 0 aromatic heterocycles. The molecule has 0 atom stereocenters. The molecule has 0 unspecified atom stereocenters. The van der Waals surface area contributed by atoms with Crippen LogP contribution in [0, 0.1) is 5.92 Å². The summed E-state index contributed by atoms with van der Waals surface area (Å²) in [6.07, 6.45) is 1.24. The summed E-state index contributed by atoms with van der Waals surface area (Å²) in [6, 6.07) is 14.7. The van der Waals surface area contributed by atoms with E-state index >= 15 is 0 Å². The molecule has 162 valence electrons. The van der Waals surface area contributed by atoms with Crippen LogP contribution >= 0.6 is 0 Å². The first-order chi connectivity index (χ1) is 14.2. The van der Waals surface area contributed by atoms with E-state index in [1.54, 1.807) is 24.3 Å². The number of piperazine rings is 1. The van der Waals surface area contributed by atoms with Crippen LogP contribution in [0.1, 0.15) is 24.2 Å². The van der Waals surface area contributed by atoms with Crippen LogP contribution in [-0.2, 0) is 10.0 Å². The van der Waals surface area contributed by atoms with Crippen LogP contribution in [0.3, 0.4) is 0 Å². The van der Waals surface area contributed by atoms with Gasteiger partial charge in [-0.05, 0) is 54.4 Å². The number of carbonyl (C=O) groups excluding carboxylic acids is 1. The van der Waals surface area contributed by atoms with Crippen molar-refractivity contribution in [3.8, 4) is 5.75 Å². The zero-order valence-electron chi connectivity index (χ0n) is 17.7. The number of benzene rings is 2. The Morgan fingerprint density at radius 2 is 1.60 bits per heavy atom. The molecule has 1 fully saturated rings. The van der Waals surface area contributed by atoms with Crippen molar-refractivity contribution in [1.82, 2.24) is 4.31 Å². The van der Waals surface area contributed by atoms with Crippen LogP contribution in [0.25, 0.3) is 0 Å². The average Bonchev–Trinajstić information content (AvgIpc) is 2.72. The zero-order chi connectivity index (χ0) is 21.7. The first-order valence-corrected chi connectivity index (χ1v) is 11.9. The van der Waals surface area contributed by atoms with E-state index < -0.39 is 10.0 Å². The van der Waals surface area contributed by atoms with Gasteiger partial charge in [0, 0.05) is 43.1 Å². The van der Waals surface area contributed by atoms with E-state index in [4.69, 9.17) is 4.74 Å². The van der Waals surface area contributed by atoms with Crippen molar-refractivity contribution in [2.75, 3.05) is 49.3 Å². The van der Waals surface area contributed by atoms with Crippen LogP contribution in [-0.4, -0.2) is 57.7 Å². The number of ether oxygens (including phenoxy) is 1. The summed E-state index contributed by atoms with van der Waals surface area (Å²) in [6.45, 7) is 7.06. The minimum atomic E-state index is -3.14. The Morgan fingerprint density at radius 3 is 2.13 bits per heavy atom. The molecule has 1 aliphatic rings. The molecule has 1 saturated heterocycles. The Hall–Kier alpha value is -2.58. The molecule has 1 aliphatic heterocycles. The second kappa shape index (κ2) is 9.49. The average molecular weight is 432 g/mol. The number of amides is 1. The van der Waals surface area contributed by atoms with Gasteiger partial charge in [0.25, 0.3) is 5.91 Å². The van der Waals surface area contributed by atoms with Crippen LogP contribution in [0.4, 0.5) is 11.4 Å². The molecule has 1 N–H and O–H groups in total. The van der Waals surface area contributed by atoms with E-state index in [0.29, 0.717) is 50.0 Å². The Balaban J connectivity index is 1.55. The molecule has 3 rings (SSSR count). The molecule has 2 aromatic rings. The fraction of sp³-hybridized carbons (Fsp3) is 0.409. The van der Waals surface area contributed by atoms with Gasteiger partial charge < -0.3 is 15.0 Å². The molecule has 2 aromatic carbocycles. The maximum atomic E-state index is 12.5. The summed E-state index contributed by atoms with van der Waals surface area (Å²) < 4.78 is 30.4. The van der Waals surface area contributed by atoms with E-state index in [2.05, 4.69) is 24.1 Å². The van der Waals surface area contributed by atoms with Crippen molar-refractivity contribution in [3.05, 3.63) is 54.1 Å². The summed E-state index contributed by atoms with van der Waals surface area (Å²) in [5, 5.41) is 2.90. The third-order valence-electron chi connectivity index (χ3n) is 4.90. The van der Waals surface area contributed by atoms with Gasteiger partial charge >= 0.3 is 0 Å². The highest BCUT2D eigenvalue weighted by Gasteiger charge is 2.23. The minimum absolute atomic E-state index is 0.181. The lowest BCUT2D eigenvalue weighted by atomic mass is 10.2. The van der Waals surface area contributed by atoms with E-state index in [1.165, 1.54) is 10.6 Å². The van der Waals surface area contributed by atoms with Crippen molar-refractivity contribution in [2.45, 2.75) is 13.8 Å². The molecule has 0 aliphatic carbocycles. The topological polar surface area (TPSA) is 79.0 Å². The van der Waals surface area contributed by atoms with Gasteiger partial charge in [0.15, 0.2) is 0 Å². The SMILES string of the molecule is CC(C)COc1ccc(C(=O)Nc2ccc(N3CCN(S(C)(=O)=O)CC3)cc2)cc1. The molecule has 7 nitrogen and oxygen atoms in total. The number of hydrogen-bond donors (Lipinski definition) is 1. The molecular formula is C22H29N3O4S. The highest BCUT2D eigenvalue weighted by molar-refractivity contribution is 7.88. The van der Waals surface area contributed by atoms with Crippen molar-refractivity contribution >= 4 is 27.3 Å². The number of hydrogen-bond acceptors (Lipinski definition) is 5. The molecular weight excluding hydrogens is 402 g/mol. The van der Waals surface area contributed by atoms with Gasteiger partial charge in [-0.25, -0.2) is 8.42 Å². The first-order valence-electron chi connectivity index (χ1n) is 10.1. The fourth-order valence-corrected chi connectivity index (χ4v) is 4.03. The second-order valence-corrected chi connectivity index (χ2v) is 9.86. The molecule has 1 heterocycles. The van der Waals surface area contributed by atoms with Crippen LogP contribution < -0.4 is 15.0 Å². The van der Waals surface area contributed by atoms with Crippen molar-refractivity contribution in [3.63, 3.8) is 0 Å². The minimum Gasteiger partial charge on any atom is -0.493 e. The Labute approximate surface area is 178 Å². The Kier molecular flexibility index (Phi) is 6.99. The summed E-state index contributed by atoms with van der Waals surface area (Å²) in [5.74, 6) is 1.01. The summed E-state index contributed by atoms with van der Waals surface area (Å²) in [7, 11) is -3.14. The number of carbonyl (C=O) groups is 1. The van der Waals surface area contributed by atoms with Crippen LogP contribution in [0.2, 0.25) is 0 Å². The van der Waals surface area contributed by atoms with Crippen LogP contribution in [0.5, 0.6) is 5.75 Å². The predicted molar refractivity (Wildman–Crippen MR) is 120 cm³/mol. The number of rotatable bonds is 7. The lowest BCUT2D eigenvalue weighted by Crippen LogP contribution is -2.48. The quantitative estimate of drug-likeness (QED) is 0.729. The summed E-state index contributed by atoms with van der Waals surface area (Å²) >= 11 is 0. The zero-order valence-corrected chi connectivity index (χ0v) is 18.5. The molecule has 1 amide bonds. The number of anilines is 2. The molecule has 30 heavy (non-hydrogen) atoms. The highest BCUT2D eigenvalue weighted by atomic mass is 32.2. The van der Waals surface area contributed by atoms with Gasteiger partial charge in [-0.15, -0.1) is 0 Å². The van der Waals surface area contributed by atoms with Crippen molar-refractivity contribution in [1.29, 1.82) is 0 Å². The summed E-state index contributed by atoms with van der Waals surface area (Å²) in [5.41, 5.74) is 2.28. The highest BCUT2D eigenvalue weighted by Crippen LogP contribution is 2.21. The monoisotopic (exact) mass is 431 g/mol. The predicted octanol–water partition coefficient (Wildman–Crippen LogP) is 3.06. The molecule has 0 spiro atoms. The van der Waals surface area contributed by atoms with Gasteiger partial charge in [-0.2, -0.15) is 4.31 Å². The third kappa shape index (κ3) is 5.96. The van der Waals surface area contributed by atoms with Crippen LogP contribution in [0.15, 0.2) is 48.5 Å². The number of nitrogens with zero attached hydrogens (tertiary/aromatic N) is 2. The van der Waals surface area contributed by atoms with Gasteiger partial charge in [0.1, 0.15) is 5.75 Å². The third-order valence-corrected chi connectivity index (χ3v) is 6.20. The smallest absolute Gasteiger partial charge is 0.255 e. The molecule has 0 bridgehead atoms. The Morgan fingerprint density at radius 1 is 1.00 bits per heavy atom. The van der Waals surface area contributed by atoms with E-state index in [9.17, 15) is 13.2 Å². The fourth-order valence-electron chi connectivity index (χ4n) is 3.20.